The Bertz CT molecular complexity index is 479. The molecule has 1 atom stereocenters. The third kappa shape index (κ3) is 3.68. The number of hydrogen-bond donors (Lipinski definition) is 0. The summed E-state index contributed by atoms with van der Waals surface area (Å²) in [5, 5.41) is 3.95. The molecule has 0 saturated carbocycles. The molecular formula is C15H23N3O2. The summed E-state index contributed by atoms with van der Waals surface area (Å²) in [6.07, 6.45) is 7.72. The Morgan fingerprint density at radius 1 is 1.50 bits per heavy atom. The number of carbonyl (C=O) groups excluding carboxylic acids is 1. The highest BCUT2D eigenvalue weighted by molar-refractivity contribution is 5.78. The van der Waals surface area contributed by atoms with Crippen LogP contribution in [0.25, 0.3) is 0 Å². The number of aromatic nitrogens is 2. The molecule has 0 spiro atoms. The number of carbonyl (C=O) groups is 1. The zero-order chi connectivity index (χ0) is 14.5. The monoisotopic (exact) mass is 277 g/mol. The predicted octanol–water partition coefficient (Wildman–Crippen LogP) is 2.55. The molecule has 110 valence electrons. The normalized spacial score (nSPS) is 18.5. The van der Waals surface area contributed by atoms with Crippen LogP contribution in [0, 0.1) is 5.92 Å². The second kappa shape index (κ2) is 6.68. The van der Waals surface area contributed by atoms with Gasteiger partial charge in [0.2, 0.25) is 11.8 Å². The van der Waals surface area contributed by atoms with E-state index in [-0.39, 0.29) is 17.7 Å². The van der Waals surface area contributed by atoms with E-state index in [0.717, 1.165) is 19.3 Å². The SMILES string of the molecule is CC(C)c1nc(CCN(C)C(=O)[C@@H]2CC=CCC2)no1. The van der Waals surface area contributed by atoms with Crippen molar-refractivity contribution >= 4 is 5.91 Å². The molecular weight excluding hydrogens is 254 g/mol. The molecule has 0 bridgehead atoms. The van der Waals surface area contributed by atoms with Gasteiger partial charge in [0.05, 0.1) is 0 Å². The lowest BCUT2D eigenvalue weighted by Gasteiger charge is -2.24. The minimum atomic E-state index is 0.140. The molecule has 0 unspecified atom stereocenters. The fourth-order valence-corrected chi connectivity index (χ4v) is 2.31. The van der Waals surface area contributed by atoms with Gasteiger partial charge < -0.3 is 9.42 Å². The highest BCUT2D eigenvalue weighted by Crippen LogP contribution is 2.20. The molecule has 0 radical (unpaired) electrons. The van der Waals surface area contributed by atoms with Crippen LogP contribution < -0.4 is 0 Å². The number of nitrogens with zero attached hydrogens (tertiary/aromatic N) is 3. The van der Waals surface area contributed by atoms with Crippen LogP contribution in [0.15, 0.2) is 16.7 Å². The van der Waals surface area contributed by atoms with Crippen LogP contribution in [0.4, 0.5) is 0 Å². The van der Waals surface area contributed by atoms with E-state index < -0.39 is 0 Å². The predicted molar refractivity (Wildman–Crippen MR) is 76.2 cm³/mol. The Kier molecular flexibility index (Phi) is 4.93. The molecule has 1 aromatic rings. The molecule has 0 fully saturated rings. The zero-order valence-corrected chi connectivity index (χ0v) is 12.5. The van der Waals surface area contributed by atoms with Crippen molar-refractivity contribution in [1.29, 1.82) is 0 Å². The van der Waals surface area contributed by atoms with Gasteiger partial charge in [-0.2, -0.15) is 4.98 Å². The van der Waals surface area contributed by atoms with Crippen molar-refractivity contribution < 1.29 is 9.32 Å². The number of likely N-dealkylation sites (N-methyl/N-ethyl adjacent to an activating group) is 1. The summed E-state index contributed by atoms with van der Waals surface area (Å²) in [5.41, 5.74) is 0. The van der Waals surface area contributed by atoms with Gasteiger partial charge in [-0.05, 0) is 19.3 Å². The van der Waals surface area contributed by atoms with Crippen molar-refractivity contribution in [3.05, 3.63) is 23.9 Å². The van der Waals surface area contributed by atoms with E-state index in [0.29, 0.717) is 24.7 Å². The van der Waals surface area contributed by atoms with E-state index in [2.05, 4.69) is 22.3 Å². The van der Waals surface area contributed by atoms with Gasteiger partial charge >= 0.3 is 0 Å². The third-order valence-corrected chi connectivity index (χ3v) is 3.64. The van der Waals surface area contributed by atoms with E-state index in [1.165, 1.54) is 0 Å². The number of hydrogen-bond acceptors (Lipinski definition) is 4. The fraction of sp³-hybridized carbons (Fsp3) is 0.667. The lowest BCUT2D eigenvalue weighted by Crippen LogP contribution is -2.34. The van der Waals surface area contributed by atoms with Crippen LogP contribution in [0.2, 0.25) is 0 Å². The first-order chi connectivity index (χ1) is 9.58. The van der Waals surface area contributed by atoms with Gasteiger partial charge in [-0.1, -0.05) is 31.2 Å². The second-order valence-electron chi connectivity index (χ2n) is 5.69. The molecule has 0 N–H and O–H groups in total. The summed E-state index contributed by atoms with van der Waals surface area (Å²) in [6, 6.07) is 0. The van der Waals surface area contributed by atoms with E-state index in [1.807, 2.05) is 20.9 Å². The van der Waals surface area contributed by atoms with E-state index >= 15 is 0 Å². The van der Waals surface area contributed by atoms with Crippen LogP contribution in [-0.4, -0.2) is 34.5 Å². The van der Waals surface area contributed by atoms with Crippen molar-refractivity contribution in [2.75, 3.05) is 13.6 Å². The Balaban J connectivity index is 1.83. The quantitative estimate of drug-likeness (QED) is 0.776. The van der Waals surface area contributed by atoms with Gasteiger partial charge in [-0.25, -0.2) is 0 Å². The lowest BCUT2D eigenvalue weighted by molar-refractivity contribution is -0.134. The van der Waals surface area contributed by atoms with Crippen LogP contribution in [0.3, 0.4) is 0 Å². The largest absolute Gasteiger partial charge is 0.345 e. The van der Waals surface area contributed by atoms with Crippen LogP contribution in [-0.2, 0) is 11.2 Å². The van der Waals surface area contributed by atoms with Gasteiger partial charge in [0.15, 0.2) is 5.82 Å². The lowest BCUT2D eigenvalue weighted by atomic mass is 9.93. The highest BCUT2D eigenvalue weighted by atomic mass is 16.5. The molecule has 20 heavy (non-hydrogen) atoms. The molecule has 0 aliphatic heterocycles. The Morgan fingerprint density at radius 3 is 2.90 bits per heavy atom. The molecule has 5 heteroatoms. The van der Waals surface area contributed by atoms with Crippen molar-refractivity contribution in [2.45, 2.75) is 45.4 Å². The second-order valence-corrected chi connectivity index (χ2v) is 5.69. The molecule has 1 aliphatic rings. The smallest absolute Gasteiger partial charge is 0.229 e. The van der Waals surface area contributed by atoms with Crippen LogP contribution in [0.5, 0.6) is 0 Å². The van der Waals surface area contributed by atoms with Crippen LogP contribution >= 0.6 is 0 Å². The van der Waals surface area contributed by atoms with Gasteiger partial charge in [0.25, 0.3) is 0 Å². The van der Waals surface area contributed by atoms with Crippen molar-refractivity contribution in [3.63, 3.8) is 0 Å². The highest BCUT2D eigenvalue weighted by Gasteiger charge is 2.22. The maximum Gasteiger partial charge on any atom is 0.229 e. The molecule has 1 aliphatic carbocycles. The number of allylic oxidation sites excluding steroid dienone is 2. The molecule has 1 amide bonds. The molecule has 5 nitrogen and oxygen atoms in total. The first-order valence-electron chi connectivity index (χ1n) is 7.30. The van der Waals surface area contributed by atoms with Gasteiger partial charge in [-0.3, -0.25) is 4.79 Å². The maximum atomic E-state index is 12.3. The number of amides is 1. The van der Waals surface area contributed by atoms with E-state index in [1.54, 1.807) is 4.90 Å². The summed E-state index contributed by atoms with van der Waals surface area (Å²) in [4.78, 5) is 18.4. The standard InChI is InChI=1S/C15H23N3O2/c1-11(2)14-16-13(17-20-14)9-10-18(3)15(19)12-7-5-4-6-8-12/h4-5,11-12H,6-10H2,1-3H3/t12-/m1/s1. The molecule has 1 aromatic heterocycles. The van der Waals surface area contributed by atoms with Crippen molar-refractivity contribution in [1.82, 2.24) is 15.0 Å². The third-order valence-electron chi connectivity index (χ3n) is 3.64. The first-order valence-corrected chi connectivity index (χ1v) is 7.30. The Hall–Kier alpha value is -1.65. The van der Waals surface area contributed by atoms with Gasteiger partial charge in [-0.15, -0.1) is 0 Å². The maximum absolute atomic E-state index is 12.3. The average Bonchev–Trinajstić information content (AvgIpc) is 2.94. The summed E-state index contributed by atoms with van der Waals surface area (Å²) in [6.45, 7) is 4.67. The minimum Gasteiger partial charge on any atom is -0.345 e. The summed E-state index contributed by atoms with van der Waals surface area (Å²) in [7, 11) is 1.85. The minimum absolute atomic E-state index is 0.140. The molecule has 1 heterocycles. The zero-order valence-electron chi connectivity index (χ0n) is 12.5. The molecule has 0 aromatic carbocycles. The molecule has 0 saturated heterocycles. The summed E-state index contributed by atoms with van der Waals surface area (Å²) < 4.78 is 5.16. The van der Waals surface area contributed by atoms with Gasteiger partial charge in [0, 0.05) is 31.8 Å². The van der Waals surface area contributed by atoms with Crippen molar-refractivity contribution in [3.8, 4) is 0 Å². The Morgan fingerprint density at radius 2 is 2.30 bits per heavy atom. The fourth-order valence-electron chi connectivity index (χ4n) is 2.31. The van der Waals surface area contributed by atoms with Gasteiger partial charge in [0.1, 0.15) is 0 Å². The summed E-state index contributed by atoms with van der Waals surface area (Å²) in [5.74, 6) is 1.94. The molecule has 2 rings (SSSR count). The average molecular weight is 277 g/mol. The number of rotatable bonds is 5. The summed E-state index contributed by atoms with van der Waals surface area (Å²) >= 11 is 0. The van der Waals surface area contributed by atoms with Crippen LogP contribution in [0.1, 0.15) is 50.7 Å². The van der Waals surface area contributed by atoms with E-state index in [4.69, 9.17) is 4.52 Å². The van der Waals surface area contributed by atoms with E-state index in [9.17, 15) is 4.79 Å². The Labute approximate surface area is 120 Å². The van der Waals surface area contributed by atoms with Crippen molar-refractivity contribution in [2.24, 2.45) is 5.92 Å². The topological polar surface area (TPSA) is 59.2 Å². The first kappa shape index (κ1) is 14.8.